The van der Waals surface area contributed by atoms with Crippen LogP contribution in [0, 0.1) is 6.92 Å². The minimum Gasteiger partial charge on any atom is -0.496 e. The zero-order valence-corrected chi connectivity index (χ0v) is 17.1. The molecule has 29 heavy (non-hydrogen) atoms. The first-order chi connectivity index (χ1) is 13.8. The monoisotopic (exact) mass is 426 g/mol. The summed E-state index contributed by atoms with van der Waals surface area (Å²) in [6.45, 7) is 0.333. The zero-order valence-electron chi connectivity index (χ0n) is 16.2. The molecule has 0 amide bonds. The van der Waals surface area contributed by atoms with Gasteiger partial charge >= 0.3 is 6.61 Å². The van der Waals surface area contributed by atoms with Crippen LogP contribution in [-0.4, -0.2) is 35.2 Å². The van der Waals surface area contributed by atoms with E-state index < -0.39 is 16.6 Å². The second kappa shape index (κ2) is 8.96. The van der Waals surface area contributed by atoms with Gasteiger partial charge in [0.1, 0.15) is 11.5 Å². The summed E-state index contributed by atoms with van der Waals surface area (Å²) < 4.78 is 63.6. The molecular formula is C20H24F2N2O4S. The van der Waals surface area contributed by atoms with Crippen LogP contribution in [0.3, 0.4) is 0 Å². The van der Waals surface area contributed by atoms with Crippen molar-refractivity contribution in [3.8, 4) is 11.5 Å². The quantitative estimate of drug-likeness (QED) is 0.703. The zero-order chi connectivity index (χ0) is 21.0. The fourth-order valence-corrected chi connectivity index (χ4v) is 4.55. The Bertz CT molecular complexity index is 961. The van der Waals surface area contributed by atoms with Crippen LogP contribution in [0.15, 0.2) is 41.3 Å². The average Bonchev–Trinajstić information content (AvgIpc) is 2.69. The van der Waals surface area contributed by atoms with Crippen LogP contribution in [-0.2, 0) is 10.0 Å². The summed E-state index contributed by atoms with van der Waals surface area (Å²) in [6.07, 6.45) is 1.75. The summed E-state index contributed by atoms with van der Waals surface area (Å²) in [5, 5.41) is 3.28. The Balaban J connectivity index is 1.94. The number of hydrogen-bond acceptors (Lipinski definition) is 5. The number of ether oxygens (including phenoxy) is 2. The van der Waals surface area contributed by atoms with Crippen LogP contribution in [0.4, 0.5) is 14.5 Å². The van der Waals surface area contributed by atoms with Crippen LogP contribution in [0.5, 0.6) is 11.5 Å². The van der Waals surface area contributed by atoms with Crippen molar-refractivity contribution < 1.29 is 26.7 Å². The molecule has 2 aromatic carbocycles. The van der Waals surface area contributed by atoms with Crippen molar-refractivity contribution in [2.45, 2.75) is 37.2 Å². The highest BCUT2D eigenvalue weighted by atomic mass is 32.2. The van der Waals surface area contributed by atoms with Gasteiger partial charge in [-0.05, 0) is 80.2 Å². The molecule has 0 aromatic heterocycles. The molecule has 0 aliphatic carbocycles. The first-order valence-corrected chi connectivity index (χ1v) is 10.8. The smallest absolute Gasteiger partial charge is 0.387 e. The van der Waals surface area contributed by atoms with Gasteiger partial charge in [0.2, 0.25) is 0 Å². The van der Waals surface area contributed by atoms with Crippen LogP contribution in [0.2, 0.25) is 0 Å². The number of piperidine rings is 1. The van der Waals surface area contributed by atoms with E-state index in [1.54, 1.807) is 32.2 Å². The maximum Gasteiger partial charge on any atom is 0.387 e. The summed E-state index contributed by atoms with van der Waals surface area (Å²) in [6, 6.07) is 9.04. The fraction of sp³-hybridized carbons (Fsp3) is 0.400. The standard InChI is InChI=1S/C20H24F2N2O4S/c1-13-3-5-17(19(11-13)28-20(21)22)24-29(25,26)15-4-6-18(27-2)16(12-15)14-7-9-23-10-8-14/h3-6,11-12,14,20,23-24H,7-10H2,1-2H3. The number of hydrogen-bond donors (Lipinski definition) is 2. The first kappa shape index (κ1) is 21.3. The molecule has 0 bridgehead atoms. The number of alkyl halides is 2. The first-order valence-electron chi connectivity index (χ1n) is 9.27. The summed E-state index contributed by atoms with van der Waals surface area (Å²) in [5.74, 6) is 0.585. The molecule has 9 heteroatoms. The van der Waals surface area contributed by atoms with Crippen molar-refractivity contribution in [1.82, 2.24) is 5.32 Å². The molecule has 2 aromatic rings. The van der Waals surface area contributed by atoms with E-state index in [0.29, 0.717) is 11.3 Å². The third-order valence-electron chi connectivity index (χ3n) is 4.89. The molecule has 1 aliphatic heterocycles. The molecule has 158 valence electrons. The Hall–Kier alpha value is -2.39. The van der Waals surface area contributed by atoms with Gasteiger partial charge in [0, 0.05) is 0 Å². The van der Waals surface area contributed by atoms with E-state index in [-0.39, 0.29) is 22.3 Å². The van der Waals surface area contributed by atoms with Crippen molar-refractivity contribution in [1.29, 1.82) is 0 Å². The molecule has 0 spiro atoms. The Morgan fingerprint density at radius 3 is 2.48 bits per heavy atom. The van der Waals surface area contributed by atoms with Crippen LogP contribution < -0.4 is 19.5 Å². The highest BCUT2D eigenvalue weighted by Crippen LogP contribution is 2.35. The molecular weight excluding hydrogens is 402 g/mol. The SMILES string of the molecule is COc1ccc(S(=O)(=O)Nc2ccc(C)cc2OC(F)F)cc1C1CCNCC1. The highest BCUT2D eigenvalue weighted by molar-refractivity contribution is 7.92. The van der Waals surface area contributed by atoms with Crippen LogP contribution in [0.1, 0.15) is 29.9 Å². The highest BCUT2D eigenvalue weighted by Gasteiger charge is 2.24. The third kappa shape index (κ3) is 5.16. The average molecular weight is 426 g/mol. The largest absolute Gasteiger partial charge is 0.496 e. The molecule has 0 atom stereocenters. The number of rotatable bonds is 7. The van der Waals surface area contributed by atoms with E-state index in [1.165, 1.54) is 18.2 Å². The van der Waals surface area contributed by atoms with Gasteiger partial charge in [0.15, 0.2) is 0 Å². The maximum absolute atomic E-state index is 13.0. The molecule has 1 heterocycles. The number of aryl methyl sites for hydroxylation is 1. The van der Waals surface area contributed by atoms with Gasteiger partial charge in [-0.3, -0.25) is 4.72 Å². The van der Waals surface area contributed by atoms with E-state index in [0.717, 1.165) is 31.5 Å². The Labute approximate surface area is 169 Å². The fourth-order valence-electron chi connectivity index (χ4n) is 3.44. The summed E-state index contributed by atoms with van der Waals surface area (Å²) in [7, 11) is -2.47. The molecule has 6 nitrogen and oxygen atoms in total. The number of halogens is 2. The van der Waals surface area contributed by atoms with Gasteiger partial charge in [-0.2, -0.15) is 8.78 Å². The van der Waals surface area contributed by atoms with Gasteiger partial charge < -0.3 is 14.8 Å². The number of sulfonamides is 1. The van der Waals surface area contributed by atoms with Gasteiger partial charge in [-0.25, -0.2) is 8.42 Å². The van der Waals surface area contributed by atoms with Crippen molar-refractivity contribution in [3.05, 3.63) is 47.5 Å². The lowest BCUT2D eigenvalue weighted by Crippen LogP contribution is -2.27. The number of methoxy groups -OCH3 is 1. The van der Waals surface area contributed by atoms with Crippen molar-refractivity contribution in [3.63, 3.8) is 0 Å². The van der Waals surface area contributed by atoms with Crippen molar-refractivity contribution in [2.24, 2.45) is 0 Å². The number of benzene rings is 2. The second-order valence-electron chi connectivity index (χ2n) is 6.91. The maximum atomic E-state index is 13.0. The summed E-state index contributed by atoms with van der Waals surface area (Å²) >= 11 is 0. The molecule has 0 unspecified atom stereocenters. The van der Waals surface area contributed by atoms with Crippen LogP contribution >= 0.6 is 0 Å². The third-order valence-corrected chi connectivity index (χ3v) is 6.25. The van der Waals surface area contributed by atoms with Crippen molar-refractivity contribution >= 4 is 15.7 Å². The van der Waals surface area contributed by atoms with E-state index in [1.807, 2.05) is 0 Å². The lowest BCUT2D eigenvalue weighted by atomic mass is 9.89. The topological polar surface area (TPSA) is 76.7 Å². The van der Waals surface area contributed by atoms with E-state index >= 15 is 0 Å². The van der Waals surface area contributed by atoms with E-state index in [9.17, 15) is 17.2 Å². The molecule has 0 saturated carbocycles. The van der Waals surface area contributed by atoms with Gasteiger partial charge in [0.25, 0.3) is 10.0 Å². The number of anilines is 1. The van der Waals surface area contributed by atoms with Crippen LogP contribution in [0.25, 0.3) is 0 Å². The molecule has 1 saturated heterocycles. The Morgan fingerprint density at radius 1 is 1.10 bits per heavy atom. The minimum atomic E-state index is -4.02. The second-order valence-corrected chi connectivity index (χ2v) is 8.59. The number of nitrogens with one attached hydrogen (secondary N) is 2. The van der Waals surface area contributed by atoms with Gasteiger partial charge in [-0.1, -0.05) is 6.07 Å². The molecule has 1 fully saturated rings. The molecule has 0 radical (unpaired) electrons. The molecule has 3 rings (SSSR count). The lowest BCUT2D eigenvalue weighted by Gasteiger charge is -2.25. The normalized spacial score (nSPS) is 15.3. The summed E-state index contributed by atoms with van der Waals surface area (Å²) in [5.41, 5.74) is 1.45. The Morgan fingerprint density at radius 2 is 1.83 bits per heavy atom. The predicted octanol–water partition coefficient (Wildman–Crippen LogP) is 3.87. The lowest BCUT2D eigenvalue weighted by molar-refractivity contribution is -0.0493. The minimum absolute atomic E-state index is 0.0374. The molecule has 2 N–H and O–H groups in total. The Kier molecular flexibility index (Phi) is 6.59. The summed E-state index contributed by atoms with van der Waals surface area (Å²) in [4.78, 5) is 0.0374. The van der Waals surface area contributed by atoms with Gasteiger partial charge in [-0.15, -0.1) is 0 Å². The van der Waals surface area contributed by atoms with Crippen molar-refractivity contribution in [2.75, 3.05) is 24.9 Å². The van der Waals surface area contributed by atoms with E-state index in [4.69, 9.17) is 4.74 Å². The van der Waals surface area contributed by atoms with E-state index in [2.05, 4.69) is 14.8 Å². The molecule has 1 aliphatic rings. The van der Waals surface area contributed by atoms with Gasteiger partial charge in [0.05, 0.1) is 17.7 Å². The predicted molar refractivity (Wildman–Crippen MR) is 106 cm³/mol.